The van der Waals surface area contributed by atoms with Gasteiger partial charge in [0.25, 0.3) is 0 Å². The van der Waals surface area contributed by atoms with Crippen LogP contribution in [0.5, 0.6) is 0 Å². The quantitative estimate of drug-likeness (QED) is 0.752. The first-order valence-electron chi connectivity index (χ1n) is 6.48. The summed E-state index contributed by atoms with van der Waals surface area (Å²) in [7, 11) is 0. The minimum Gasteiger partial charge on any atom is -0.282 e. The van der Waals surface area contributed by atoms with Gasteiger partial charge in [0.15, 0.2) is 5.82 Å². The fourth-order valence-electron chi connectivity index (χ4n) is 2.92. The number of nitrogens with zero attached hydrogens (tertiary/aromatic N) is 4. The molecule has 3 aromatic rings. The zero-order valence-corrected chi connectivity index (χ0v) is 10.8. The van der Waals surface area contributed by atoms with Gasteiger partial charge < -0.3 is 0 Å². The topological polar surface area (TPSA) is 83.1 Å². The van der Waals surface area contributed by atoms with E-state index in [0.29, 0.717) is 24.4 Å². The lowest BCUT2D eigenvalue weighted by Gasteiger charge is -2.12. The number of aromatic amines is 2. The molecule has 1 atom stereocenters. The van der Waals surface area contributed by atoms with E-state index in [1.54, 1.807) is 0 Å². The first kappa shape index (κ1) is 12.1. The molecule has 2 heterocycles. The summed E-state index contributed by atoms with van der Waals surface area (Å²) in [5, 5.41) is 20.6. The Labute approximate surface area is 117 Å². The first-order chi connectivity index (χ1) is 10.2. The van der Waals surface area contributed by atoms with E-state index in [9.17, 15) is 8.78 Å². The second kappa shape index (κ2) is 4.44. The van der Waals surface area contributed by atoms with Crippen molar-refractivity contribution in [2.45, 2.75) is 18.8 Å². The average molecular weight is 288 g/mol. The molecule has 21 heavy (non-hydrogen) atoms. The summed E-state index contributed by atoms with van der Waals surface area (Å²) in [6.45, 7) is 0. The first-order valence-corrected chi connectivity index (χ1v) is 6.48. The van der Waals surface area contributed by atoms with Crippen LogP contribution in [0.25, 0.3) is 11.5 Å². The molecule has 6 nitrogen and oxygen atoms in total. The zero-order valence-electron chi connectivity index (χ0n) is 10.8. The van der Waals surface area contributed by atoms with E-state index < -0.39 is 11.6 Å². The van der Waals surface area contributed by atoms with Gasteiger partial charge in [-0.25, -0.2) is 13.9 Å². The normalized spacial score (nSPS) is 17.1. The number of H-pyrrole nitrogens is 2. The SMILES string of the molecule is Fc1cccc(F)c1C1Cc2[nH]nc(-c3nnn[nH]3)c2C1. The van der Waals surface area contributed by atoms with E-state index in [0.717, 1.165) is 11.3 Å². The minimum absolute atomic E-state index is 0.128. The molecule has 1 aliphatic rings. The Bertz CT molecular complexity index is 775. The molecular weight excluding hydrogens is 278 g/mol. The monoisotopic (exact) mass is 288 g/mol. The largest absolute Gasteiger partial charge is 0.282 e. The third-order valence-corrected chi connectivity index (χ3v) is 3.83. The van der Waals surface area contributed by atoms with Gasteiger partial charge in [-0.3, -0.25) is 5.10 Å². The molecule has 8 heteroatoms. The molecule has 4 rings (SSSR count). The third-order valence-electron chi connectivity index (χ3n) is 3.83. The molecule has 0 bridgehead atoms. The lowest BCUT2D eigenvalue weighted by atomic mass is 9.95. The molecule has 0 radical (unpaired) electrons. The smallest absolute Gasteiger partial charge is 0.200 e. The maximum absolute atomic E-state index is 13.9. The van der Waals surface area contributed by atoms with Crippen molar-refractivity contribution < 1.29 is 8.78 Å². The molecule has 0 amide bonds. The number of halogens is 2. The number of nitrogens with one attached hydrogen (secondary N) is 2. The molecule has 1 aromatic carbocycles. The standard InChI is InChI=1S/C13H10F2N6/c14-8-2-1-3-9(15)11(8)6-4-7-10(5-6)16-17-12(7)13-18-20-21-19-13/h1-3,6H,4-5H2,(H,16,17)(H,18,19,20,21). The highest BCUT2D eigenvalue weighted by Gasteiger charge is 2.32. The summed E-state index contributed by atoms with van der Waals surface area (Å²) in [4.78, 5) is 0. The Hall–Kier alpha value is -2.64. The van der Waals surface area contributed by atoms with Crippen LogP contribution in [0.15, 0.2) is 18.2 Å². The van der Waals surface area contributed by atoms with Gasteiger partial charge in [0.1, 0.15) is 17.3 Å². The molecule has 0 aliphatic heterocycles. The van der Waals surface area contributed by atoms with Gasteiger partial charge >= 0.3 is 0 Å². The Morgan fingerprint density at radius 2 is 1.90 bits per heavy atom. The molecule has 0 saturated carbocycles. The molecule has 2 aromatic heterocycles. The second-order valence-corrected chi connectivity index (χ2v) is 5.02. The summed E-state index contributed by atoms with van der Waals surface area (Å²) >= 11 is 0. The van der Waals surface area contributed by atoms with Crippen molar-refractivity contribution >= 4 is 0 Å². The van der Waals surface area contributed by atoms with Crippen molar-refractivity contribution in [3.05, 3.63) is 46.7 Å². The van der Waals surface area contributed by atoms with Crippen LogP contribution in [-0.4, -0.2) is 30.8 Å². The van der Waals surface area contributed by atoms with Crippen LogP contribution in [0.3, 0.4) is 0 Å². The van der Waals surface area contributed by atoms with Crippen LogP contribution >= 0.6 is 0 Å². The Morgan fingerprint density at radius 3 is 2.62 bits per heavy atom. The van der Waals surface area contributed by atoms with Crippen molar-refractivity contribution in [1.82, 2.24) is 30.8 Å². The lowest BCUT2D eigenvalue weighted by Crippen LogP contribution is -2.05. The van der Waals surface area contributed by atoms with Crippen molar-refractivity contribution in [1.29, 1.82) is 0 Å². The molecular formula is C13H10F2N6. The summed E-state index contributed by atoms with van der Waals surface area (Å²) in [5.74, 6) is -0.825. The van der Waals surface area contributed by atoms with Crippen LogP contribution < -0.4 is 0 Å². The highest BCUT2D eigenvalue weighted by molar-refractivity contribution is 5.57. The molecule has 106 valence electrons. The van der Waals surface area contributed by atoms with Gasteiger partial charge in [-0.2, -0.15) is 5.10 Å². The van der Waals surface area contributed by atoms with Gasteiger partial charge in [-0.05, 0) is 41.3 Å². The molecule has 2 N–H and O–H groups in total. The van der Waals surface area contributed by atoms with Crippen molar-refractivity contribution in [2.75, 3.05) is 0 Å². The number of fused-ring (bicyclic) bond motifs is 1. The number of hydrogen-bond donors (Lipinski definition) is 2. The number of benzene rings is 1. The highest BCUT2D eigenvalue weighted by atomic mass is 19.1. The predicted molar refractivity (Wildman–Crippen MR) is 68.3 cm³/mol. The fourth-order valence-corrected chi connectivity index (χ4v) is 2.92. The van der Waals surface area contributed by atoms with Gasteiger partial charge in [0.05, 0.1) is 0 Å². The van der Waals surface area contributed by atoms with Gasteiger partial charge in [-0.1, -0.05) is 6.07 Å². The fraction of sp³-hybridized carbons (Fsp3) is 0.231. The lowest BCUT2D eigenvalue weighted by molar-refractivity contribution is 0.526. The number of hydrogen-bond acceptors (Lipinski definition) is 4. The van der Waals surface area contributed by atoms with E-state index in [1.165, 1.54) is 18.2 Å². The minimum atomic E-state index is -0.513. The summed E-state index contributed by atoms with van der Waals surface area (Å²) < 4.78 is 27.8. The van der Waals surface area contributed by atoms with Crippen molar-refractivity contribution in [3.8, 4) is 11.5 Å². The summed E-state index contributed by atoms with van der Waals surface area (Å²) in [6, 6.07) is 3.94. The van der Waals surface area contributed by atoms with Crippen LogP contribution in [0.1, 0.15) is 22.7 Å². The Balaban J connectivity index is 1.72. The van der Waals surface area contributed by atoms with E-state index in [-0.39, 0.29) is 11.5 Å². The molecule has 0 fully saturated rings. The molecule has 1 unspecified atom stereocenters. The molecule has 1 aliphatic carbocycles. The number of tetrazole rings is 1. The van der Waals surface area contributed by atoms with E-state index in [4.69, 9.17) is 0 Å². The van der Waals surface area contributed by atoms with Crippen molar-refractivity contribution in [2.24, 2.45) is 0 Å². The number of aromatic nitrogens is 6. The van der Waals surface area contributed by atoms with E-state index >= 15 is 0 Å². The highest BCUT2D eigenvalue weighted by Crippen LogP contribution is 2.38. The maximum Gasteiger partial charge on any atom is 0.200 e. The van der Waals surface area contributed by atoms with Gasteiger partial charge in [0, 0.05) is 16.8 Å². The molecule has 0 saturated heterocycles. The number of rotatable bonds is 2. The van der Waals surface area contributed by atoms with Gasteiger partial charge in [0.2, 0.25) is 0 Å². The third kappa shape index (κ3) is 1.83. The van der Waals surface area contributed by atoms with E-state index in [1.807, 2.05) is 0 Å². The van der Waals surface area contributed by atoms with Crippen molar-refractivity contribution in [3.63, 3.8) is 0 Å². The van der Waals surface area contributed by atoms with Gasteiger partial charge in [-0.15, -0.1) is 5.10 Å². The molecule has 0 spiro atoms. The predicted octanol–water partition coefficient (Wildman–Crippen LogP) is 1.75. The maximum atomic E-state index is 13.9. The van der Waals surface area contributed by atoms with Crippen LogP contribution in [0.2, 0.25) is 0 Å². The average Bonchev–Trinajstić information content (AvgIpc) is 3.13. The van der Waals surface area contributed by atoms with E-state index in [2.05, 4.69) is 30.8 Å². The van der Waals surface area contributed by atoms with Crippen LogP contribution in [-0.2, 0) is 12.8 Å². The second-order valence-electron chi connectivity index (χ2n) is 5.02. The summed E-state index contributed by atoms with van der Waals surface area (Å²) in [5.41, 5.74) is 2.51. The summed E-state index contributed by atoms with van der Waals surface area (Å²) in [6.07, 6.45) is 1.02. The van der Waals surface area contributed by atoms with Crippen LogP contribution in [0.4, 0.5) is 8.78 Å². The van der Waals surface area contributed by atoms with Crippen LogP contribution in [0, 0.1) is 11.6 Å². The Kier molecular flexibility index (Phi) is 2.56. The zero-order chi connectivity index (χ0) is 14.4. The Morgan fingerprint density at radius 1 is 1.10 bits per heavy atom.